The molecule has 0 amide bonds. The van der Waals surface area contributed by atoms with E-state index in [1.165, 1.54) is 9.87 Å². The van der Waals surface area contributed by atoms with Gasteiger partial charge in [-0.05, 0) is 55.2 Å². The molecule has 1 heterocycles. The summed E-state index contributed by atoms with van der Waals surface area (Å²) in [6.07, 6.45) is 2.63. The monoisotopic (exact) mass is 419 g/mol. The Labute approximate surface area is 171 Å². The zero-order chi connectivity index (χ0) is 20.0. The highest BCUT2D eigenvalue weighted by Gasteiger charge is 2.27. The van der Waals surface area contributed by atoms with Crippen LogP contribution < -0.4 is 15.4 Å². The van der Waals surface area contributed by atoms with E-state index in [4.69, 9.17) is 17.0 Å². The average Bonchev–Trinajstić information content (AvgIpc) is 3.24. The minimum atomic E-state index is -3.50. The number of sulfonamides is 1. The predicted molar refractivity (Wildman–Crippen MR) is 115 cm³/mol. The van der Waals surface area contributed by atoms with Gasteiger partial charge in [-0.3, -0.25) is 0 Å². The second-order valence-corrected chi connectivity index (χ2v) is 8.94. The fraction of sp³-hybridized carbons (Fsp3) is 0.350. The quantitative estimate of drug-likeness (QED) is 0.673. The summed E-state index contributed by atoms with van der Waals surface area (Å²) in [6, 6.07) is 14.9. The highest BCUT2D eigenvalue weighted by atomic mass is 32.2. The van der Waals surface area contributed by atoms with Crippen LogP contribution in [0.1, 0.15) is 18.4 Å². The first-order valence-electron chi connectivity index (χ1n) is 9.27. The molecule has 150 valence electrons. The molecule has 8 heteroatoms. The number of nitrogens with zero attached hydrogens (tertiary/aromatic N) is 1. The van der Waals surface area contributed by atoms with Crippen LogP contribution in [0.3, 0.4) is 0 Å². The molecule has 2 aromatic carbocycles. The zero-order valence-corrected chi connectivity index (χ0v) is 17.5. The summed E-state index contributed by atoms with van der Waals surface area (Å²) >= 11 is 5.37. The standard InChI is InChI=1S/C20H25N3O3S2/c1-26-19-10-9-17(28(24,25)23-13-5-6-14-23)15-18(19)22-20(27)21-12-11-16-7-3-2-4-8-16/h2-4,7-10,15H,5-6,11-14H2,1H3,(H2,21,22,27). The summed E-state index contributed by atoms with van der Waals surface area (Å²) < 4.78 is 32.5. The summed E-state index contributed by atoms with van der Waals surface area (Å²) in [7, 11) is -1.96. The fourth-order valence-electron chi connectivity index (χ4n) is 3.15. The zero-order valence-electron chi connectivity index (χ0n) is 15.8. The van der Waals surface area contributed by atoms with E-state index in [1.54, 1.807) is 25.3 Å². The summed E-state index contributed by atoms with van der Waals surface area (Å²) in [5.74, 6) is 0.535. The molecule has 1 fully saturated rings. The van der Waals surface area contributed by atoms with Gasteiger partial charge in [0.1, 0.15) is 5.75 Å². The molecule has 0 atom stereocenters. The summed E-state index contributed by atoms with van der Waals surface area (Å²) in [4.78, 5) is 0.241. The summed E-state index contributed by atoms with van der Waals surface area (Å²) in [5, 5.41) is 6.63. The van der Waals surface area contributed by atoms with Crippen LogP contribution in [0.4, 0.5) is 5.69 Å². The Kier molecular flexibility index (Phi) is 6.88. The second kappa shape index (κ2) is 9.36. The van der Waals surface area contributed by atoms with E-state index in [2.05, 4.69) is 22.8 Å². The minimum absolute atomic E-state index is 0.241. The highest BCUT2D eigenvalue weighted by molar-refractivity contribution is 7.89. The minimum Gasteiger partial charge on any atom is -0.495 e. The molecular formula is C20H25N3O3S2. The average molecular weight is 420 g/mol. The maximum Gasteiger partial charge on any atom is 0.243 e. The van der Waals surface area contributed by atoms with Gasteiger partial charge in [-0.25, -0.2) is 8.42 Å². The van der Waals surface area contributed by atoms with Gasteiger partial charge in [-0.1, -0.05) is 30.3 Å². The lowest BCUT2D eigenvalue weighted by Crippen LogP contribution is -2.31. The van der Waals surface area contributed by atoms with Gasteiger partial charge in [0, 0.05) is 19.6 Å². The molecule has 0 radical (unpaired) electrons. The Morgan fingerprint density at radius 3 is 2.54 bits per heavy atom. The van der Waals surface area contributed by atoms with Gasteiger partial charge in [0.25, 0.3) is 0 Å². The summed E-state index contributed by atoms with van der Waals surface area (Å²) in [6.45, 7) is 1.80. The van der Waals surface area contributed by atoms with Gasteiger partial charge in [0.2, 0.25) is 10.0 Å². The van der Waals surface area contributed by atoms with Gasteiger partial charge in [0.15, 0.2) is 5.11 Å². The highest BCUT2D eigenvalue weighted by Crippen LogP contribution is 2.30. The van der Waals surface area contributed by atoms with Gasteiger partial charge >= 0.3 is 0 Å². The second-order valence-electron chi connectivity index (χ2n) is 6.59. The van der Waals surface area contributed by atoms with Crippen LogP contribution in [0.15, 0.2) is 53.4 Å². The molecule has 0 bridgehead atoms. The molecule has 0 spiro atoms. The largest absolute Gasteiger partial charge is 0.495 e. The van der Waals surface area contributed by atoms with E-state index in [-0.39, 0.29) is 4.90 Å². The molecular weight excluding hydrogens is 394 g/mol. The molecule has 1 saturated heterocycles. The third-order valence-electron chi connectivity index (χ3n) is 4.66. The van der Waals surface area contributed by atoms with Crippen molar-refractivity contribution in [3.05, 3.63) is 54.1 Å². The summed E-state index contributed by atoms with van der Waals surface area (Å²) in [5.41, 5.74) is 1.74. The number of hydrogen-bond donors (Lipinski definition) is 2. The fourth-order valence-corrected chi connectivity index (χ4v) is 4.91. The normalized spacial score (nSPS) is 14.6. The van der Waals surface area contributed by atoms with Crippen LogP contribution in [0.2, 0.25) is 0 Å². The third-order valence-corrected chi connectivity index (χ3v) is 6.81. The molecule has 1 aliphatic rings. The molecule has 6 nitrogen and oxygen atoms in total. The van der Waals surface area contributed by atoms with E-state index in [9.17, 15) is 8.42 Å². The van der Waals surface area contributed by atoms with Crippen molar-refractivity contribution in [2.75, 3.05) is 32.1 Å². The number of anilines is 1. The Balaban J connectivity index is 1.67. The van der Waals surface area contributed by atoms with Crippen LogP contribution in [0, 0.1) is 0 Å². The molecule has 2 N–H and O–H groups in total. The van der Waals surface area contributed by atoms with E-state index >= 15 is 0 Å². The molecule has 2 aromatic rings. The molecule has 0 aliphatic carbocycles. The van der Waals surface area contributed by atoms with Crippen molar-refractivity contribution in [1.29, 1.82) is 0 Å². The Morgan fingerprint density at radius 1 is 1.14 bits per heavy atom. The number of hydrogen-bond acceptors (Lipinski definition) is 4. The predicted octanol–water partition coefficient (Wildman–Crippen LogP) is 3.01. The van der Waals surface area contributed by atoms with Crippen molar-refractivity contribution < 1.29 is 13.2 Å². The number of thiocarbonyl (C=S) groups is 1. The first kappa shape index (κ1) is 20.6. The van der Waals surface area contributed by atoms with Crippen LogP contribution >= 0.6 is 12.2 Å². The Bertz CT molecular complexity index is 912. The first-order valence-corrected chi connectivity index (χ1v) is 11.1. The molecule has 28 heavy (non-hydrogen) atoms. The SMILES string of the molecule is COc1ccc(S(=O)(=O)N2CCCC2)cc1NC(=S)NCCc1ccccc1. The smallest absolute Gasteiger partial charge is 0.243 e. The van der Waals surface area contributed by atoms with Crippen molar-refractivity contribution in [2.45, 2.75) is 24.2 Å². The number of ether oxygens (including phenoxy) is 1. The number of methoxy groups -OCH3 is 1. The van der Waals surface area contributed by atoms with E-state index in [0.717, 1.165) is 19.3 Å². The maximum atomic E-state index is 12.8. The lowest BCUT2D eigenvalue weighted by molar-refractivity contribution is 0.416. The molecule has 0 unspecified atom stereocenters. The lowest BCUT2D eigenvalue weighted by atomic mass is 10.1. The van der Waals surface area contributed by atoms with Crippen LogP contribution in [-0.2, 0) is 16.4 Å². The van der Waals surface area contributed by atoms with Gasteiger partial charge in [0.05, 0.1) is 17.7 Å². The van der Waals surface area contributed by atoms with Crippen molar-refractivity contribution in [2.24, 2.45) is 0 Å². The van der Waals surface area contributed by atoms with Gasteiger partial charge in [-0.15, -0.1) is 0 Å². The Morgan fingerprint density at radius 2 is 1.86 bits per heavy atom. The van der Waals surface area contributed by atoms with Crippen molar-refractivity contribution >= 4 is 33.0 Å². The van der Waals surface area contributed by atoms with Crippen molar-refractivity contribution in [1.82, 2.24) is 9.62 Å². The van der Waals surface area contributed by atoms with Crippen LogP contribution in [0.5, 0.6) is 5.75 Å². The molecule has 3 rings (SSSR count). The van der Waals surface area contributed by atoms with Gasteiger partial charge < -0.3 is 15.4 Å². The van der Waals surface area contributed by atoms with Crippen molar-refractivity contribution in [3.8, 4) is 5.75 Å². The third kappa shape index (κ3) is 5.01. The number of rotatable bonds is 7. The van der Waals surface area contributed by atoms with Crippen LogP contribution in [0.25, 0.3) is 0 Å². The van der Waals surface area contributed by atoms with E-state index < -0.39 is 10.0 Å². The van der Waals surface area contributed by atoms with E-state index in [0.29, 0.717) is 36.2 Å². The van der Waals surface area contributed by atoms with Gasteiger partial charge in [-0.2, -0.15) is 4.31 Å². The number of benzene rings is 2. The number of nitrogens with one attached hydrogen (secondary N) is 2. The lowest BCUT2D eigenvalue weighted by Gasteiger charge is -2.18. The molecule has 1 aliphatic heterocycles. The maximum absolute atomic E-state index is 12.8. The molecule has 0 saturated carbocycles. The first-order chi connectivity index (χ1) is 13.5. The van der Waals surface area contributed by atoms with E-state index in [1.807, 2.05) is 18.2 Å². The molecule has 0 aromatic heterocycles. The van der Waals surface area contributed by atoms with Crippen molar-refractivity contribution in [3.63, 3.8) is 0 Å². The van der Waals surface area contributed by atoms with Crippen LogP contribution in [-0.4, -0.2) is 44.6 Å². The topological polar surface area (TPSA) is 70.7 Å². The Hall–Kier alpha value is -2.16.